The van der Waals surface area contributed by atoms with Crippen LogP contribution in [0.3, 0.4) is 0 Å². The summed E-state index contributed by atoms with van der Waals surface area (Å²) >= 11 is 0. The zero-order chi connectivity index (χ0) is 13.4. The van der Waals surface area contributed by atoms with Gasteiger partial charge in [0, 0.05) is 31.4 Å². The first kappa shape index (κ1) is 14.6. The number of hydrogen-bond acceptors (Lipinski definition) is 3. The van der Waals surface area contributed by atoms with Gasteiger partial charge in [-0.3, -0.25) is 9.78 Å². The average molecular weight is 249 g/mol. The molecule has 0 saturated heterocycles. The Labute approximate surface area is 109 Å². The second kappa shape index (κ2) is 7.82. The van der Waals surface area contributed by atoms with E-state index in [0.717, 1.165) is 18.4 Å². The SMILES string of the molecule is CC(C)CC(CN)NC(=O)CCc1ccncc1. The molecule has 4 nitrogen and oxygen atoms in total. The molecule has 1 unspecified atom stereocenters. The van der Waals surface area contributed by atoms with Crippen LogP contribution >= 0.6 is 0 Å². The predicted molar refractivity (Wildman–Crippen MR) is 73.0 cm³/mol. The Kier molecular flexibility index (Phi) is 6.36. The van der Waals surface area contributed by atoms with Crippen molar-refractivity contribution in [3.8, 4) is 0 Å². The quantitative estimate of drug-likeness (QED) is 0.769. The van der Waals surface area contributed by atoms with Gasteiger partial charge in [0.2, 0.25) is 5.91 Å². The van der Waals surface area contributed by atoms with E-state index >= 15 is 0 Å². The van der Waals surface area contributed by atoms with Crippen molar-refractivity contribution in [3.05, 3.63) is 30.1 Å². The molecule has 100 valence electrons. The third-order valence-electron chi connectivity index (χ3n) is 2.80. The lowest BCUT2D eigenvalue weighted by Gasteiger charge is -2.18. The summed E-state index contributed by atoms with van der Waals surface area (Å²) in [6.07, 6.45) is 5.66. The second-order valence-corrected chi connectivity index (χ2v) is 4.99. The van der Waals surface area contributed by atoms with Crippen molar-refractivity contribution in [2.75, 3.05) is 6.54 Å². The minimum atomic E-state index is 0.0721. The van der Waals surface area contributed by atoms with E-state index in [4.69, 9.17) is 5.73 Å². The molecule has 1 rings (SSSR count). The van der Waals surface area contributed by atoms with Crippen LogP contribution < -0.4 is 11.1 Å². The van der Waals surface area contributed by atoms with Crippen LogP contribution in [0.2, 0.25) is 0 Å². The molecule has 0 saturated carbocycles. The molecular formula is C14H23N3O. The Morgan fingerprint density at radius 1 is 1.39 bits per heavy atom. The standard InChI is InChI=1S/C14H23N3O/c1-11(2)9-13(10-15)17-14(18)4-3-12-5-7-16-8-6-12/h5-8,11,13H,3-4,9-10,15H2,1-2H3,(H,17,18). The summed E-state index contributed by atoms with van der Waals surface area (Å²) in [5.41, 5.74) is 6.79. The van der Waals surface area contributed by atoms with E-state index in [0.29, 0.717) is 18.9 Å². The molecule has 0 aliphatic heterocycles. The molecule has 1 aromatic rings. The van der Waals surface area contributed by atoms with Crippen LogP contribution in [0.15, 0.2) is 24.5 Å². The third-order valence-corrected chi connectivity index (χ3v) is 2.80. The van der Waals surface area contributed by atoms with Crippen LogP contribution in [0.4, 0.5) is 0 Å². The summed E-state index contributed by atoms with van der Waals surface area (Å²) < 4.78 is 0. The molecule has 1 amide bonds. The Bertz CT molecular complexity index is 351. The number of hydrogen-bond donors (Lipinski definition) is 2. The predicted octanol–water partition coefficient (Wildman–Crippen LogP) is 1.50. The fourth-order valence-corrected chi connectivity index (χ4v) is 1.89. The first-order valence-corrected chi connectivity index (χ1v) is 6.50. The number of rotatable bonds is 7. The van der Waals surface area contributed by atoms with Crippen LogP contribution in [0.1, 0.15) is 32.3 Å². The van der Waals surface area contributed by atoms with Gasteiger partial charge in [0.25, 0.3) is 0 Å². The molecule has 3 N–H and O–H groups in total. The zero-order valence-electron chi connectivity index (χ0n) is 11.2. The van der Waals surface area contributed by atoms with E-state index < -0.39 is 0 Å². The van der Waals surface area contributed by atoms with Crippen LogP contribution in [0.25, 0.3) is 0 Å². The Hall–Kier alpha value is -1.42. The number of nitrogens with zero attached hydrogens (tertiary/aromatic N) is 1. The van der Waals surface area contributed by atoms with Gasteiger partial charge in [0.05, 0.1) is 0 Å². The number of nitrogens with one attached hydrogen (secondary N) is 1. The van der Waals surface area contributed by atoms with Gasteiger partial charge < -0.3 is 11.1 Å². The highest BCUT2D eigenvalue weighted by Gasteiger charge is 2.12. The summed E-state index contributed by atoms with van der Waals surface area (Å²) in [6, 6.07) is 3.96. The number of pyridine rings is 1. The summed E-state index contributed by atoms with van der Waals surface area (Å²) in [4.78, 5) is 15.7. The molecule has 0 spiro atoms. The van der Waals surface area contributed by atoms with E-state index in [1.807, 2.05) is 12.1 Å². The monoisotopic (exact) mass is 249 g/mol. The van der Waals surface area contributed by atoms with Crippen LogP contribution in [0.5, 0.6) is 0 Å². The Balaban J connectivity index is 2.32. The van der Waals surface area contributed by atoms with Crippen molar-refractivity contribution >= 4 is 5.91 Å². The van der Waals surface area contributed by atoms with Gasteiger partial charge in [0.15, 0.2) is 0 Å². The molecule has 0 bridgehead atoms. The van der Waals surface area contributed by atoms with Crippen LogP contribution in [-0.4, -0.2) is 23.5 Å². The maximum atomic E-state index is 11.8. The summed E-state index contributed by atoms with van der Waals surface area (Å²) in [5.74, 6) is 0.613. The lowest BCUT2D eigenvalue weighted by Crippen LogP contribution is -2.41. The number of carbonyl (C=O) groups excluding carboxylic acids is 1. The molecule has 1 heterocycles. The minimum Gasteiger partial charge on any atom is -0.352 e. The molecule has 1 atom stereocenters. The van der Waals surface area contributed by atoms with Crippen molar-refractivity contribution in [2.45, 2.75) is 39.2 Å². The number of aryl methyl sites for hydroxylation is 1. The van der Waals surface area contributed by atoms with Gasteiger partial charge in [-0.05, 0) is 36.5 Å². The van der Waals surface area contributed by atoms with E-state index in [9.17, 15) is 4.79 Å². The van der Waals surface area contributed by atoms with Crippen molar-refractivity contribution in [2.24, 2.45) is 11.7 Å². The minimum absolute atomic E-state index is 0.0721. The molecule has 0 aliphatic rings. The van der Waals surface area contributed by atoms with E-state index in [2.05, 4.69) is 24.1 Å². The Morgan fingerprint density at radius 3 is 2.61 bits per heavy atom. The molecule has 0 aromatic carbocycles. The number of carbonyl (C=O) groups is 1. The number of nitrogens with two attached hydrogens (primary N) is 1. The van der Waals surface area contributed by atoms with Gasteiger partial charge in [-0.2, -0.15) is 0 Å². The van der Waals surface area contributed by atoms with Crippen molar-refractivity contribution in [1.29, 1.82) is 0 Å². The van der Waals surface area contributed by atoms with E-state index in [1.165, 1.54) is 0 Å². The highest BCUT2D eigenvalue weighted by atomic mass is 16.1. The normalized spacial score (nSPS) is 12.4. The topological polar surface area (TPSA) is 68.0 Å². The van der Waals surface area contributed by atoms with Gasteiger partial charge in [-0.15, -0.1) is 0 Å². The van der Waals surface area contributed by atoms with Gasteiger partial charge in [-0.25, -0.2) is 0 Å². The average Bonchev–Trinajstić information content (AvgIpc) is 2.36. The summed E-state index contributed by atoms with van der Waals surface area (Å²) in [7, 11) is 0. The van der Waals surface area contributed by atoms with Gasteiger partial charge in [0.1, 0.15) is 0 Å². The molecular weight excluding hydrogens is 226 g/mol. The summed E-state index contributed by atoms with van der Waals surface area (Å²) in [5, 5.41) is 2.99. The fourth-order valence-electron chi connectivity index (χ4n) is 1.89. The fraction of sp³-hybridized carbons (Fsp3) is 0.571. The zero-order valence-corrected chi connectivity index (χ0v) is 11.2. The number of aromatic nitrogens is 1. The smallest absolute Gasteiger partial charge is 0.220 e. The van der Waals surface area contributed by atoms with Crippen molar-refractivity contribution in [3.63, 3.8) is 0 Å². The lowest BCUT2D eigenvalue weighted by molar-refractivity contribution is -0.121. The van der Waals surface area contributed by atoms with E-state index in [-0.39, 0.29) is 11.9 Å². The highest BCUT2D eigenvalue weighted by molar-refractivity contribution is 5.76. The Morgan fingerprint density at radius 2 is 2.06 bits per heavy atom. The molecule has 18 heavy (non-hydrogen) atoms. The van der Waals surface area contributed by atoms with Gasteiger partial charge >= 0.3 is 0 Å². The second-order valence-electron chi connectivity index (χ2n) is 4.99. The molecule has 0 radical (unpaired) electrons. The van der Waals surface area contributed by atoms with Gasteiger partial charge in [-0.1, -0.05) is 13.8 Å². The van der Waals surface area contributed by atoms with Crippen LogP contribution in [0, 0.1) is 5.92 Å². The van der Waals surface area contributed by atoms with Crippen LogP contribution in [-0.2, 0) is 11.2 Å². The first-order chi connectivity index (χ1) is 8.61. The highest BCUT2D eigenvalue weighted by Crippen LogP contribution is 2.05. The summed E-state index contributed by atoms with van der Waals surface area (Å²) in [6.45, 7) is 4.76. The third kappa shape index (κ3) is 5.77. The lowest BCUT2D eigenvalue weighted by atomic mass is 10.0. The van der Waals surface area contributed by atoms with E-state index in [1.54, 1.807) is 12.4 Å². The number of amides is 1. The largest absolute Gasteiger partial charge is 0.352 e. The van der Waals surface area contributed by atoms with Crippen molar-refractivity contribution < 1.29 is 4.79 Å². The molecule has 1 aromatic heterocycles. The molecule has 4 heteroatoms. The molecule has 0 aliphatic carbocycles. The maximum Gasteiger partial charge on any atom is 0.220 e. The van der Waals surface area contributed by atoms with Crippen molar-refractivity contribution in [1.82, 2.24) is 10.3 Å². The first-order valence-electron chi connectivity index (χ1n) is 6.50. The molecule has 0 fully saturated rings. The maximum absolute atomic E-state index is 11.8.